The summed E-state index contributed by atoms with van der Waals surface area (Å²) in [7, 11) is 0. The number of thioether (sulfide) groups is 1. The van der Waals surface area contributed by atoms with Gasteiger partial charge in [-0.15, -0.1) is 0 Å². The summed E-state index contributed by atoms with van der Waals surface area (Å²) in [5.41, 5.74) is 1.53. The van der Waals surface area contributed by atoms with Crippen LogP contribution in [0.3, 0.4) is 0 Å². The number of para-hydroxylation sites is 1. The Morgan fingerprint density at radius 3 is 2.67 bits per heavy atom. The molecule has 2 N–H and O–H groups in total. The summed E-state index contributed by atoms with van der Waals surface area (Å²) < 4.78 is 11.7. The van der Waals surface area contributed by atoms with E-state index in [1.165, 1.54) is 18.2 Å². The number of anilines is 1. The normalized spacial score (nSPS) is 23.1. The van der Waals surface area contributed by atoms with Crippen LogP contribution >= 0.6 is 27.7 Å². The number of carboxylic acids is 1. The molecule has 4 rings (SSSR count). The quantitative estimate of drug-likeness (QED) is 0.344. The van der Waals surface area contributed by atoms with Gasteiger partial charge in [0.25, 0.3) is 5.91 Å². The number of carbonyl (C=O) groups is 2. The number of carboxylic acid groups (broad SMARTS) is 1. The van der Waals surface area contributed by atoms with Crippen LogP contribution in [0.4, 0.5) is 5.69 Å². The summed E-state index contributed by atoms with van der Waals surface area (Å²) >= 11 is 5.00. The summed E-state index contributed by atoms with van der Waals surface area (Å²) in [6.07, 6.45) is 6.33. The first kappa shape index (κ1) is 26.4. The van der Waals surface area contributed by atoms with Crippen LogP contribution in [-0.4, -0.2) is 46.6 Å². The largest absolute Gasteiger partial charge is 0.490 e. The number of benzene rings is 2. The van der Waals surface area contributed by atoms with Crippen LogP contribution in [0.1, 0.15) is 45.1 Å². The molecule has 36 heavy (non-hydrogen) atoms. The Balaban J connectivity index is 1.66. The van der Waals surface area contributed by atoms with Crippen molar-refractivity contribution < 1.29 is 24.2 Å². The fourth-order valence-corrected chi connectivity index (χ4v) is 6.51. The molecule has 0 spiro atoms. The molecule has 192 valence electrons. The number of rotatable bonds is 9. The minimum Gasteiger partial charge on any atom is -0.490 e. The molecule has 0 aromatic heterocycles. The highest BCUT2D eigenvalue weighted by atomic mass is 79.9. The molecule has 1 aliphatic carbocycles. The van der Waals surface area contributed by atoms with Crippen LogP contribution in [0.25, 0.3) is 6.08 Å². The van der Waals surface area contributed by atoms with E-state index in [1.54, 1.807) is 6.07 Å². The maximum absolute atomic E-state index is 13.8. The Morgan fingerprint density at radius 1 is 1.22 bits per heavy atom. The van der Waals surface area contributed by atoms with Crippen molar-refractivity contribution in [2.45, 2.75) is 51.1 Å². The number of ether oxygens (including phenoxy) is 2. The Kier molecular flexibility index (Phi) is 8.85. The van der Waals surface area contributed by atoms with Gasteiger partial charge in [-0.05, 0) is 77.5 Å². The van der Waals surface area contributed by atoms with Crippen LogP contribution in [0, 0.1) is 5.92 Å². The molecule has 1 amide bonds. The molecule has 1 aliphatic heterocycles. The molecule has 1 unspecified atom stereocenters. The predicted molar refractivity (Wildman–Crippen MR) is 146 cm³/mol. The highest BCUT2D eigenvalue weighted by molar-refractivity contribution is 9.10. The molecule has 2 fully saturated rings. The average molecular weight is 576 g/mol. The smallest absolute Gasteiger partial charge is 0.341 e. The topological polar surface area (TPSA) is 88.1 Å². The van der Waals surface area contributed by atoms with Gasteiger partial charge in [0.2, 0.25) is 0 Å². The van der Waals surface area contributed by atoms with Crippen LogP contribution in [0.15, 0.2) is 51.8 Å². The van der Waals surface area contributed by atoms with E-state index in [2.05, 4.69) is 28.2 Å². The number of carbonyl (C=O) groups excluding carboxylic acids is 1. The Hall–Kier alpha value is -2.65. The molecule has 1 saturated carbocycles. The number of halogens is 1. The lowest BCUT2D eigenvalue weighted by Crippen LogP contribution is -2.48. The van der Waals surface area contributed by atoms with Gasteiger partial charge in [0, 0.05) is 11.7 Å². The van der Waals surface area contributed by atoms with Gasteiger partial charge in [0.15, 0.2) is 23.6 Å². The standard InChI is InChI=1S/C27H31BrN2O5S/c1-3-34-22-14-18(13-20(28)25(22)35-16-24(31)32)15-23-26(33)30(21-12-8-7-9-17(21)2)27(36-23)29-19-10-5-4-6-11-19/h4-6,10-11,13-15,17,21,27,29H,3,7-9,12,16H2,1-2H3,(H,31,32)/b23-15-/t17-,21-,27?/m0/s1. The van der Waals surface area contributed by atoms with Gasteiger partial charge >= 0.3 is 5.97 Å². The third-order valence-corrected chi connectivity index (χ3v) is 8.10. The van der Waals surface area contributed by atoms with Gasteiger partial charge in [0.1, 0.15) is 0 Å². The molecule has 0 bridgehead atoms. The first-order valence-corrected chi connectivity index (χ1v) is 13.9. The molecule has 3 atom stereocenters. The van der Waals surface area contributed by atoms with Gasteiger partial charge in [-0.2, -0.15) is 0 Å². The van der Waals surface area contributed by atoms with Crippen LogP contribution in [-0.2, 0) is 9.59 Å². The molecular weight excluding hydrogens is 544 g/mol. The Morgan fingerprint density at radius 2 is 1.97 bits per heavy atom. The molecule has 9 heteroatoms. The predicted octanol–water partition coefficient (Wildman–Crippen LogP) is 6.20. The minimum atomic E-state index is -1.07. The zero-order valence-corrected chi connectivity index (χ0v) is 22.8. The van der Waals surface area contributed by atoms with Crippen molar-refractivity contribution in [3.63, 3.8) is 0 Å². The van der Waals surface area contributed by atoms with Crippen molar-refractivity contribution in [1.82, 2.24) is 4.90 Å². The number of aliphatic carboxylic acids is 1. The van der Waals surface area contributed by atoms with E-state index in [9.17, 15) is 9.59 Å². The second-order valence-electron chi connectivity index (χ2n) is 8.98. The second kappa shape index (κ2) is 12.1. The molecule has 2 aromatic rings. The summed E-state index contributed by atoms with van der Waals surface area (Å²) in [5, 5.41) is 12.6. The van der Waals surface area contributed by atoms with Gasteiger partial charge in [-0.1, -0.05) is 49.7 Å². The van der Waals surface area contributed by atoms with E-state index >= 15 is 0 Å². The fourth-order valence-electron chi connectivity index (χ4n) is 4.73. The molecule has 1 saturated heterocycles. The molecule has 1 heterocycles. The first-order valence-electron chi connectivity index (χ1n) is 12.2. The molecule has 2 aromatic carbocycles. The Labute approximate surface area is 224 Å². The third kappa shape index (κ3) is 6.18. The van der Waals surface area contributed by atoms with E-state index in [1.807, 2.05) is 54.3 Å². The highest BCUT2D eigenvalue weighted by Crippen LogP contribution is 2.43. The second-order valence-corrected chi connectivity index (χ2v) is 11.0. The summed E-state index contributed by atoms with van der Waals surface area (Å²) in [4.78, 5) is 27.4. The number of hydrogen-bond donors (Lipinski definition) is 2. The molecule has 2 aliphatic rings. The van der Waals surface area contributed by atoms with Crippen molar-refractivity contribution in [3.8, 4) is 11.5 Å². The van der Waals surface area contributed by atoms with E-state index in [4.69, 9.17) is 14.6 Å². The molecule has 7 nitrogen and oxygen atoms in total. The van der Waals surface area contributed by atoms with Crippen molar-refractivity contribution in [1.29, 1.82) is 0 Å². The number of nitrogens with one attached hydrogen (secondary N) is 1. The lowest BCUT2D eigenvalue weighted by Gasteiger charge is -2.39. The van der Waals surface area contributed by atoms with Crippen molar-refractivity contribution in [2.24, 2.45) is 5.92 Å². The number of hydrogen-bond acceptors (Lipinski definition) is 6. The lowest BCUT2D eigenvalue weighted by atomic mass is 9.85. The number of amides is 1. The first-order chi connectivity index (χ1) is 17.4. The van der Waals surface area contributed by atoms with E-state index in [0.29, 0.717) is 33.4 Å². The lowest BCUT2D eigenvalue weighted by molar-refractivity contribution is -0.139. The van der Waals surface area contributed by atoms with Gasteiger partial charge in [-0.25, -0.2) is 4.79 Å². The maximum Gasteiger partial charge on any atom is 0.341 e. The van der Waals surface area contributed by atoms with E-state index < -0.39 is 12.6 Å². The monoisotopic (exact) mass is 574 g/mol. The number of nitrogens with zero attached hydrogens (tertiary/aromatic N) is 1. The SMILES string of the molecule is CCOc1cc(/C=C2\SC(Nc3ccccc3)N([C@H]3CCCC[C@@H]3C)C2=O)cc(Br)c1OCC(=O)O. The van der Waals surface area contributed by atoms with Gasteiger partial charge < -0.3 is 24.8 Å². The van der Waals surface area contributed by atoms with Crippen molar-refractivity contribution in [2.75, 3.05) is 18.5 Å². The molecule has 0 radical (unpaired) electrons. The highest BCUT2D eigenvalue weighted by Gasteiger charge is 2.42. The average Bonchev–Trinajstić information content (AvgIpc) is 3.13. The van der Waals surface area contributed by atoms with Gasteiger partial charge in [-0.3, -0.25) is 4.79 Å². The molecular formula is C27H31BrN2O5S. The Bertz CT molecular complexity index is 1130. The fraction of sp³-hybridized carbons (Fsp3) is 0.407. The zero-order valence-electron chi connectivity index (χ0n) is 20.4. The zero-order chi connectivity index (χ0) is 25.7. The van der Waals surface area contributed by atoms with Crippen molar-refractivity contribution in [3.05, 3.63) is 57.4 Å². The third-order valence-electron chi connectivity index (χ3n) is 6.39. The van der Waals surface area contributed by atoms with E-state index in [0.717, 1.165) is 30.5 Å². The van der Waals surface area contributed by atoms with Gasteiger partial charge in [0.05, 0.1) is 16.0 Å². The van der Waals surface area contributed by atoms with Crippen LogP contribution < -0.4 is 14.8 Å². The van der Waals surface area contributed by atoms with E-state index in [-0.39, 0.29) is 17.4 Å². The minimum absolute atomic E-state index is 0.0208. The van der Waals surface area contributed by atoms with Crippen molar-refractivity contribution >= 4 is 51.3 Å². The van der Waals surface area contributed by atoms with Crippen LogP contribution in [0.2, 0.25) is 0 Å². The maximum atomic E-state index is 13.8. The van der Waals surface area contributed by atoms with Crippen LogP contribution in [0.5, 0.6) is 11.5 Å². The summed E-state index contributed by atoms with van der Waals surface area (Å²) in [5.74, 6) is 0.136. The summed E-state index contributed by atoms with van der Waals surface area (Å²) in [6, 6.07) is 13.7. The summed E-state index contributed by atoms with van der Waals surface area (Å²) in [6.45, 7) is 4.00.